The molecule has 0 unspecified atom stereocenters. The van der Waals surface area contributed by atoms with Gasteiger partial charge in [-0.15, -0.1) is 11.3 Å². The Kier molecular flexibility index (Phi) is 7.12. The zero-order valence-corrected chi connectivity index (χ0v) is 19.2. The van der Waals surface area contributed by atoms with Gasteiger partial charge in [0, 0.05) is 4.88 Å². The Morgan fingerprint density at radius 3 is 2.15 bits per heavy atom. The number of benzene rings is 2. The number of ether oxygens (including phenoxy) is 1. The first-order valence-corrected chi connectivity index (χ1v) is 12.0. The smallest absolute Gasteiger partial charge is 0.422 e. The van der Waals surface area contributed by atoms with Crippen LogP contribution in [0.2, 0.25) is 0 Å². The number of fused-ring (bicyclic) bond motifs is 1. The van der Waals surface area contributed by atoms with Crippen molar-refractivity contribution < 1.29 is 35.5 Å². The molecule has 1 aromatic heterocycles. The lowest BCUT2D eigenvalue weighted by Crippen LogP contribution is -2.20. The third-order valence-corrected chi connectivity index (χ3v) is 7.54. The van der Waals surface area contributed by atoms with E-state index in [9.17, 15) is 30.7 Å². The Hall–Kier alpha value is -2.29. The van der Waals surface area contributed by atoms with Gasteiger partial charge in [-0.25, -0.2) is 17.6 Å². The molecule has 3 aromatic rings. The average molecular weight is 505 g/mol. The van der Waals surface area contributed by atoms with Gasteiger partial charge in [0.05, 0.1) is 11.3 Å². The molecule has 184 valence electrons. The van der Waals surface area contributed by atoms with E-state index in [1.165, 1.54) is 17.4 Å². The van der Waals surface area contributed by atoms with Crippen LogP contribution in [0.3, 0.4) is 0 Å². The first-order chi connectivity index (χ1) is 16.1. The molecule has 34 heavy (non-hydrogen) atoms. The highest BCUT2D eigenvalue weighted by molar-refractivity contribution is 7.19. The van der Waals surface area contributed by atoms with Crippen LogP contribution in [0.25, 0.3) is 10.1 Å². The van der Waals surface area contributed by atoms with Gasteiger partial charge in [-0.05, 0) is 79.2 Å². The summed E-state index contributed by atoms with van der Waals surface area (Å²) in [4.78, 5) is 0.974. The van der Waals surface area contributed by atoms with E-state index in [-0.39, 0.29) is 24.0 Å². The largest absolute Gasteiger partial charge is 0.487 e. The summed E-state index contributed by atoms with van der Waals surface area (Å²) in [6, 6.07) is 4.56. The second-order valence-electron chi connectivity index (χ2n) is 8.77. The summed E-state index contributed by atoms with van der Waals surface area (Å²) in [5.41, 5.74) is -1.70. The Balaban J connectivity index is 1.40. The Labute approximate surface area is 196 Å². The minimum absolute atomic E-state index is 0.0334. The Morgan fingerprint density at radius 1 is 0.912 bits per heavy atom. The molecule has 0 saturated heterocycles. The summed E-state index contributed by atoms with van der Waals surface area (Å²) in [5, 5.41) is 0.507. The molecule has 1 nitrogen and oxygen atoms in total. The van der Waals surface area contributed by atoms with Crippen LogP contribution in [0.5, 0.6) is 5.75 Å². The Morgan fingerprint density at radius 2 is 1.56 bits per heavy atom. The number of alkyl halides is 3. The van der Waals surface area contributed by atoms with Crippen molar-refractivity contribution in [3.63, 3.8) is 0 Å². The van der Waals surface area contributed by atoms with Gasteiger partial charge >= 0.3 is 6.18 Å². The monoisotopic (exact) mass is 504 g/mol. The second-order valence-corrected chi connectivity index (χ2v) is 9.91. The van der Waals surface area contributed by atoms with E-state index in [0.29, 0.717) is 35.8 Å². The normalized spacial score (nSPS) is 19.1. The predicted octanol–water partition coefficient (Wildman–Crippen LogP) is 8.78. The number of thiophene rings is 1. The second kappa shape index (κ2) is 9.76. The summed E-state index contributed by atoms with van der Waals surface area (Å²) < 4.78 is 102. The molecule has 0 amide bonds. The highest BCUT2D eigenvalue weighted by Crippen LogP contribution is 2.41. The van der Waals surface area contributed by atoms with Gasteiger partial charge in [0.2, 0.25) is 0 Å². The van der Waals surface area contributed by atoms with Crippen LogP contribution in [0.1, 0.15) is 60.9 Å². The van der Waals surface area contributed by atoms with Crippen molar-refractivity contribution in [1.29, 1.82) is 0 Å². The SMILES string of the molecule is CCCc1cc2cc(F)c(OCC3CCC(c4cc(F)c(C(F)(F)F)c(F)c4)CC3)c(F)c2s1. The van der Waals surface area contributed by atoms with Crippen molar-refractivity contribution >= 4 is 21.4 Å². The van der Waals surface area contributed by atoms with Crippen molar-refractivity contribution in [3.8, 4) is 5.75 Å². The highest BCUT2D eigenvalue weighted by atomic mass is 32.1. The first kappa shape index (κ1) is 24.8. The maximum Gasteiger partial charge on any atom is 0.422 e. The van der Waals surface area contributed by atoms with Crippen molar-refractivity contribution in [2.45, 2.75) is 57.5 Å². The maximum atomic E-state index is 14.9. The fourth-order valence-corrected chi connectivity index (χ4v) is 5.78. The first-order valence-electron chi connectivity index (χ1n) is 11.2. The number of rotatable bonds is 6. The molecular formula is C25H23F7OS. The number of aryl methyl sites for hydroxylation is 1. The number of hydrogen-bond donors (Lipinski definition) is 0. The van der Waals surface area contributed by atoms with Gasteiger partial charge in [-0.3, -0.25) is 0 Å². The number of hydrogen-bond acceptors (Lipinski definition) is 2. The molecule has 0 N–H and O–H groups in total. The van der Waals surface area contributed by atoms with Crippen molar-refractivity contribution in [2.24, 2.45) is 5.92 Å². The molecule has 0 radical (unpaired) electrons. The van der Waals surface area contributed by atoms with Gasteiger partial charge in [0.25, 0.3) is 0 Å². The number of halogens is 7. The van der Waals surface area contributed by atoms with Crippen LogP contribution < -0.4 is 4.74 Å². The molecule has 1 saturated carbocycles. The third kappa shape index (κ3) is 5.04. The maximum absolute atomic E-state index is 14.9. The molecule has 0 spiro atoms. The fourth-order valence-electron chi connectivity index (χ4n) is 4.61. The summed E-state index contributed by atoms with van der Waals surface area (Å²) in [7, 11) is 0. The summed E-state index contributed by atoms with van der Waals surface area (Å²) in [6.45, 7) is 2.09. The van der Waals surface area contributed by atoms with E-state index in [1.807, 2.05) is 6.92 Å². The average Bonchev–Trinajstić information content (AvgIpc) is 3.15. The lowest BCUT2D eigenvalue weighted by molar-refractivity contribution is -0.142. The van der Waals surface area contributed by atoms with Gasteiger partial charge in [-0.1, -0.05) is 13.3 Å². The molecule has 0 aliphatic heterocycles. The predicted molar refractivity (Wildman–Crippen MR) is 117 cm³/mol. The molecule has 1 fully saturated rings. The standard InChI is InChI=1S/C25H23F7OS/c1-2-3-17-8-16-11-20(28)23(22(29)24(16)34-17)33-12-13-4-6-14(7-5-13)15-9-18(26)21(19(27)10-15)25(30,31)32/h8-11,13-14H,2-7,12H2,1H3. The van der Waals surface area contributed by atoms with Crippen molar-refractivity contribution in [2.75, 3.05) is 6.61 Å². The molecule has 2 aromatic carbocycles. The van der Waals surface area contributed by atoms with Crippen molar-refractivity contribution in [3.05, 3.63) is 63.5 Å². The van der Waals surface area contributed by atoms with Crippen LogP contribution in [-0.4, -0.2) is 6.61 Å². The van der Waals surface area contributed by atoms with Gasteiger partial charge in [0.15, 0.2) is 17.4 Å². The van der Waals surface area contributed by atoms with E-state index in [2.05, 4.69) is 0 Å². The van der Waals surface area contributed by atoms with Crippen LogP contribution in [0.4, 0.5) is 30.7 Å². The fraction of sp³-hybridized carbons (Fsp3) is 0.440. The van der Waals surface area contributed by atoms with Crippen LogP contribution in [0, 0.1) is 29.2 Å². The summed E-state index contributed by atoms with van der Waals surface area (Å²) in [5.74, 6) is -5.47. The minimum atomic E-state index is -5.10. The summed E-state index contributed by atoms with van der Waals surface area (Å²) >= 11 is 1.28. The molecule has 0 bridgehead atoms. The topological polar surface area (TPSA) is 9.23 Å². The highest BCUT2D eigenvalue weighted by Gasteiger charge is 2.38. The zero-order chi connectivity index (χ0) is 24.6. The lowest BCUT2D eigenvalue weighted by Gasteiger charge is -2.29. The van der Waals surface area contributed by atoms with E-state index >= 15 is 0 Å². The van der Waals surface area contributed by atoms with Crippen molar-refractivity contribution in [1.82, 2.24) is 0 Å². The molecule has 4 rings (SSSR count). The molecule has 9 heteroatoms. The van der Waals surface area contributed by atoms with Gasteiger partial charge in [0.1, 0.15) is 17.2 Å². The zero-order valence-electron chi connectivity index (χ0n) is 18.4. The lowest BCUT2D eigenvalue weighted by atomic mass is 9.79. The van der Waals surface area contributed by atoms with Crippen LogP contribution >= 0.6 is 11.3 Å². The molecule has 1 aliphatic carbocycles. The van der Waals surface area contributed by atoms with E-state index in [1.54, 1.807) is 6.07 Å². The van der Waals surface area contributed by atoms with Gasteiger partial charge < -0.3 is 4.74 Å². The summed E-state index contributed by atoms with van der Waals surface area (Å²) in [6.07, 6.45) is -1.35. The molecule has 0 atom stereocenters. The van der Waals surface area contributed by atoms with E-state index < -0.39 is 40.8 Å². The van der Waals surface area contributed by atoms with E-state index in [4.69, 9.17) is 4.74 Å². The van der Waals surface area contributed by atoms with Gasteiger partial charge in [-0.2, -0.15) is 13.2 Å². The molecule has 1 aliphatic rings. The van der Waals surface area contributed by atoms with Crippen LogP contribution in [0.15, 0.2) is 24.3 Å². The quantitative estimate of drug-likeness (QED) is 0.305. The van der Waals surface area contributed by atoms with Crippen LogP contribution in [-0.2, 0) is 12.6 Å². The Bertz CT molecular complexity index is 1150. The molecule has 1 heterocycles. The third-order valence-electron chi connectivity index (χ3n) is 6.34. The molecular weight excluding hydrogens is 481 g/mol. The minimum Gasteiger partial charge on any atom is -0.487 e. The van der Waals surface area contributed by atoms with E-state index in [0.717, 1.165) is 29.9 Å².